The molecule has 0 N–H and O–H groups in total. The summed E-state index contributed by atoms with van der Waals surface area (Å²) in [5, 5.41) is 4.86. The minimum atomic E-state index is 0.648. The van der Waals surface area contributed by atoms with E-state index in [1.807, 2.05) is 19.1 Å². The Labute approximate surface area is 94.9 Å². The average Bonchev–Trinajstić information content (AvgIpc) is 2.48. The van der Waals surface area contributed by atoms with E-state index in [9.17, 15) is 0 Å². The van der Waals surface area contributed by atoms with E-state index in [2.05, 4.69) is 26.0 Å². The fraction of sp³-hybridized carbons (Fsp3) is 0.111. The van der Waals surface area contributed by atoms with Crippen molar-refractivity contribution in [1.29, 1.82) is 0 Å². The molecule has 0 unspecified atom stereocenters. The maximum Gasteiger partial charge on any atom is 0.153 e. The van der Waals surface area contributed by atoms with Gasteiger partial charge in [0, 0.05) is 10.7 Å². The second-order valence-corrected chi connectivity index (χ2v) is 4.16. The zero-order chi connectivity index (χ0) is 10.1. The number of nitrogens with zero attached hydrogens (tertiary/aromatic N) is 3. The van der Waals surface area contributed by atoms with Gasteiger partial charge in [-0.1, -0.05) is 11.6 Å². The van der Waals surface area contributed by atoms with E-state index < -0.39 is 0 Å². The number of hydrogen-bond donors (Lipinski definition) is 0. The van der Waals surface area contributed by atoms with Crippen LogP contribution in [0.4, 0.5) is 0 Å². The molecule has 0 saturated heterocycles. The lowest BCUT2D eigenvalue weighted by atomic mass is 10.5. The molecule has 3 nitrogen and oxygen atoms in total. The fourth-order valence-corrected chi connectivity index (χ4v) is 1.42. The molecule has 0 aliphatic heterocycles. The first kappa shape index (κ1) is 9.68. The third-order valence-corrected chi connectivity index (χ3v) is 2.63. The van der Waals surface area contributed by atoms with Crippen molar-refractivity contribution >= 4 is 27.5 Å². The van der Waals surface area contributed by atoms with Crippen molar-refractivity contribution in [2.45, 2.75) is 6.92 Å². The van der Waals surface area contributed by atoms with Crippen LogP contribution in [0.5, 0.6) is 0 Å². The van der Waals surface area contributed by atoms with Crippen molar-refractivity contribution in [3.05, 3.63) is 39.7 Å². The van der Waals surface area contributed by atoms with Crippen LogP contribution in [-0.4, -0.2) is 14.8 Å². The van der Waals surface area contributed by atoms with E-state index in [1.165, 1.54) is 0 Å². The third-order valence-electron chi connectivity index (χ3n) is 1.79. The molecule has 5 heteroatoms. The van der Waals surface area contributed by atoms with E-state index in [0.717, 1.165) is 16.0 Å². The minimum Gasteiger partial charge on any atom is -0.236 e. The summed E-state index contributed by atoms with van der Waals surface area (Å²) in [5.41, 5.74) is 0.802. The molecule has 2 aromatic heterocycles. The topological polar surface area (TPSA) is 30.7 Å². The summed E-state index contributed by atoms with van der Waals surface area (Å²) in [4.78, 5) is 4.20. The number of pyridine rings is 1. The molecule has 0 aliphatic rings. The van der Waals surface area contributed by atoms with Crippen LogP contribution in [0.1, 0.15) is 5.69 Å². The molecule has 0 atom stereocenters. The molecule has 0 aromatic carbocycles. The summed E-state index contributed by atoms with van der Waals surface area (Å²) in [6, 6.07) is 3.78. The van der Waals surface area contributed by atoms with Gasteiger partial charge in [-0.2, -0.15) is 5.10 Å². The quantitative estimate of drug-likeness (QED) is 0.799. The Kier molecular flexibility index (Phi) is 2.56. The average molecular weight is 273 g/mol. The summed E-state index contributed by atoms with van der Waals surface area (Å²) >= 11 is 9.21. The zero-order valence-electron chi connectivity index (χ0n) is 7.41. The summed E-state index contributed by atoms with van der Waals surface area (Å²) in [7, 11) is 0. The monoisotopic (exact) mass is 271 g/mol. The molecule has 14 heavy (non-hydrogen) atoms. The van der Waals surface area contributed by atoms with Crippen LogP contribution in [-0.2, 0) is 0 Å². The molecule has 0 bridgehead atoms. The van der Waals surface area contributed by atoms with Gasteiger partial charge in [-0.25, -0.2) is 9.67 Å². The highest BCUT2D eigenvalue weighted by molar-refractivity contribution is 9.10. The van der Waals surface area contributed by atoms with Gasteiger partial charge in [-0.3, -0.25) is 0 Å². The molecular formula is C9H7BrClN3. The number of aryl methyl sites for hydroxylation is 1. The molecule has 0 saturated carbocycles. The second-order valence-electron chi connectivity index (χ2n) is 2.84. The zero-order valence-corrected chi connectivity index (χ0v) is 9.75. The molecule has 0 fully saturated rings. The Balaban J connectivity index is 2.44. The van der Waals surface area contributed by atoms with Crippen LogP contribution in [0.3, 0.4) is 0 Å². The van der Waals surface area contributed by atoms with Gasteiger partial charge in [0.05, 0.1) is 16.9 Å². The normalized spacial score (nSPS) is 10.5. The number of hydrogen-bond acceptors (Lipinski definition) is 2. The molecular weight excluding hydrogens is 265 g/mol. The maximum absolute atomic E-state index is 5.89. The highest BCUT2D eigenvalue weighted by Gasteiger charge is 2.04. The summed E-state index contributed by atoms with van der Waals surface area (Å²) in [6.07, 6.45) is 3.47. The first-order valence-electron chi connectivity index (χ1n) is 4.00. The van der Waals surface area contributed by atoms with Crippen molar-refractivity contribution in [2.75, 3.05) is 0 Å². The lowest BCUT2D eigenvalue weighted by Gasteiger charge is -1.98. The van der Waals surface area contributed by atoms with E-state index in [0.29, 0.717) is 5.02 Å². The van der Waals surface area contributed by atoms with Gasteiger partial charge < -0.3 is 0 Å². The summed E-state index contributed by atoms with van der Waals surface area (Å²) in [5.74, 6) is 0.753. The van der Waals surface area contributed by atoms with Gasteiger partial charge >= 0.3 is 0 Å². The highest BCUT2D eigenvalue weighted by atomic mass is 79.9. The number of halogens is 2. The van der Waals surface area contributed by atoms with Crippen LogP contribution < -0.4 is 0 Å². The predicted molar refractivity (Wildman–Crippen MR) is 58.8 cm³/mol. The molecule has 0 amide bonds. The summed E-state index contributed by atoms with van der Waals surface area (Å²) < 4.78 is 2.60. The van der Waals surface area contributed by atoms with Crippen molar-refractivity contribution in [3.63, 3.8) is 0 Å². The Hall–Kier alpha value is -0.870. The Bertz CT molecular complexity index is 430. The first-order valence-corrected chi connectivity index (χ1v) is 5.17. The molecule has 0 aliphatic carbocycles. The largest absolute Gasteiger partial charge is 0.236 e. The number of aromatic nitrogens is 3. The Morgan fingerprint density at radius 3 is 2.71 bits per heavy atom. The molecule has 2 aromatic rings. The second kappa shape index (κ2) is 3.71. The van der Waals surface area contributed by atoms with E-state index in [4.69, 9.17) is 11.6 Å². The fourth-order valence-electron chi connectivity index (χ4n) is 1.06. The van der Waals surface area contributed by atoms with E-state index in [1.54, 1.807) is 17.1 Å². The SMILES string of the molecule is Cc1nn(-c2ccc(Br)cn2)cc1Cl. The van der Waals surface area contributed by atoms with Crippen LogP contribution in [0, 0.1) is 6.92 Å². The Morgan fingerprint density at radius 1 is 1.43 bits per heavy atom. The van der Waals surface area contributed by atoms with Gasteiger partial charge in [0.1, 0.15) is 0 Å². The predicted octanol–water partition coefficient (Wildman–Crippen LogP) is 2.99. The van der Waals surface area contributed by atoms with Gasteiger partial charge in [0.15, 0.2) is 5.82 Å². The molecule has 0 spiro atoms. The third kappa shape index (κ3) is 1.81. The molecule has 0 radical (unpaired) electrons. The lowest BCUT2D eigenvalue weighted by Crippen LogP contribution is -1.97. The molecule has 2 rings (SSSR count). The Morgan fingerprint density at radius 2 is 2.21 bits per heavy atom. The van der Waals surface area contributed by atoms with Crippen LogP contribution >= 0.6 is 27.5 Å². The highest BCUT2D eigenvalue weighted by Crippen LogP contribution is 2.16. The van der Waals surface area contributed by atoms with Crippen LogP contribution in [0.2, 0.25) is 5.02 Å². The minimum absolute atomic E-state index is 0.648. The standard InChI is InChI=1S/C9H7BrClN3/c1-6-8(11)5-14(13-6)9-3-2-7(10)4-12-9/h2-5H,1H3. The first-order chi connectivity index (χ1) is 6.66. The molecule has 72 valence electrons. The number of rotatable bonds is 1. The van der Waals surface area contributed by atoms with Gasteiger partial charge in [-0.05, 0) is 35.0 Å². The van der Waals surface area contributed by atoms with E-state index >= 15 is 0 Å². The van der Waals surface area contributed by atoms with Gasteiger partial charge in [-0.15, -0.1) is 0 Å². The maximum atomic E-state index is 5.89. The van der Waals surface area contributed by atoms with Gasteiger partial charge in [0.2, 0.25) is 0 Å². The van der Waals surface area contributed by atoms with Crippen molar-refractivity contribution in [2.24, 2.45) is 0 Å². The van der Waals surface area contributed by atoms with Crippen LogP contribution in [0.25, 0.3) is 5.82 Å². The smallest absolute Gasteiger partial charge is 0.153 e. The summed E-state index contributed by atoms with van der Waals surface area (Å²) in [6.45, 7) is 1.86. The van der Waals surface area contributed by atoms with Crippen LogP contribution in [0.15, 0.2) is 29.0 Å². The van der Waals surface area contributed by atoms with Crippen molar-refractivity contribution in [1.82, 2.24) is 14.8 Å². The van der Waals surface area contributed by atoms with Crippen molar-refractivity contribution < 1.29 is 0 Å². The lowest BCUT2D eigenvalue weighted by molar-refractivity contribution is 0.832. The van der Waals surface area contributed by atoms with E-state index in [-0.39, 0.29) is 0 Å². The van der Waals surface area contributed by atoms with Crippen molar-refractivity contribution in [3.8, 4) is 5.82 Å². The van der Waals surface area contributed by atoms with Gasteiger partial charge in [0.25, 0.3) is 0 Å². The molecule has 2 heterocycles.